The van der Waals surface area contributed by atoms with Gasteiger partial charge in [0, 0.05) is 24.7 Å². The average Bonchev–Trinajstić information content (AvgIpc) is 3.28. The van der Waals surface area contributed by atoms with E-state index in [0.717, 1.165) is 18.7 Å². The quantitative estimate of drug-likeness (QED) is 0.909. The number of hydrogen-bond donors (Lipinski definition) is 2. The summed E-state index contributed by atoms with van der Waals surface area (Å²) in [6.45, 7) is 2.26. The van der Waals surface area contributed by atoms with Crippen molar-refractivity contribution in [3.8, 4) is 11.5 Å². The molecule has 2 aromatic heterocycles. The third kappa shape index (κ3) is 2.43. The third-order valence-corrected chi connectivity index (χ3v) is 4.77. The van der Waals surface area contributed by atoms with Gasteiger partial charge in [-0.3, -0.25) is 14.8 Å². The van der Waals surface area contributed by atoms with Crippen LogP contribution in [0.2, 0.25) is 0 Å². The number of aromatic nitrogens is 2. The van der Waals surface area contributed by atoms with Crippen LogP contribution in [0.3, 0.4) is 0 Å². The average molecular weight is 300 g/mol. The first-order chi connectivity index (χ1) is 10.8. The van der Waals surface area contributed by atoms with Crippen molar-refractivity contribution in [2.75, 3.05) is 13.1 Å². The molecule has 0 radical (unpaired) electrons. The SMILES string of the molecule is O=C(N[C@H]1CCN2CCCC[C@H]12)c1cc(-c2ccco2)[nH]n1. The van der Waals surface area contributed by atoms with E-state index in [1.807, 2.05) is 12.1 Å². The molecule has 0 spiro atoms. The molecule has 0 unspecified atom stereocenters. The molecule has 0 aromatic carbocycles. The van der Waals surface area contributed by atoms with E-state index < -0.39 is 0 Å². The zero-order valence-corrected chi connectivity index (χ0v) is 12.4. The molecule has 2 saturated heterocycles. The molecule has 6 heteroatoms. The number of nitrogens with one attached hydrogen (secondary N) is 2. The highest BCUT2D eigenvalue weighted by Crippen LogP contribution is 2.27. The second-order valence-corrected chi connectivity index (χ2v) is 6.11. The minimum absolute atomic E-state index is 0.105. The Kier molecular flexibility index (Phi) is 3.46. The van der Waals surface area contributed by atoms with E-state index in [1.54, 1.807) is 12.3 Å². The minimum Gasteiger partial charge on any atom is -0.463 e. The first-order valence-electron chi connectivity index (χ1n) is 7.95. The van der Waals surface area contributed by atoms with Crippen LogP contribution >= 0.6 is 0 Å². The van der Waals surface area contributed by atoms with Gasteiger partial charge in [0.25, 0.3) is 5.91 Å². The number of H-pyrrole nitrogens is 1. The van der Waals surface area contributed by atoms with E-state index in [0.29, 0.717) is 17.5 Å². The number of nitrogens with zero attached hydrogens (tertiary/aromatic N) is 2. The lowest BCUT2D eigenvalue weighted by molar-refractivity contribution is 0.0910. The number of aromatic amines is 1. The lowest BCUT2D eigenvalue weighted by Gasteiger charge is -2.32. The summed E-state index contributed by atoms with van der Waals surface area (Å²) in [5.74, 6) is 0.581. The highest BCUT2D eigenvalue weighted by molar-refractivity contribution is 5.93. The predicted molar refractivity (Wildman–Crippen MR) is 81.4 cm³/mol. The summed E-state index contributed by atoms with van der Waals surface area (Å²) in [6, 6.07) is 6.14. The van der Waals surface area contributed by atoms with E-state index in [1.165, 1.54) is 25.8 Å². The topological polar surface area (TPSA) is 74.2 Å². The molecular formula is C16H20N4O2. The largest absolute Gasteiger partial charge is 0.463 e. The molecule has 2 aliphatic heterocycles. The molecule has 4 rings (SSSR count). The fraction of sp³-hybridized carbons (Fsp3) is 0.500. The normalized spacial score (nSPS) is 25.1. The molecular weight excluding hydrogens is 280 g/mol. The number of carbonyl (C=O) groups is 1. The number of fused-ring (bicyclic) bond motifs is 1. The van der Waals surface area contributed by atoms with Gasteiger partial charge in [0.05, 0.1) is 6.26 Å². The second kappa shape index (κ2) is 5.61. The summed E-state index contributed by atoms with van der Waals surface area (Å²) >= 11 is 0. The molecule has 0 bridgehead atoms. The Balaban J connectivity index is 1.44. The molecule has 2 N–H and O–H groups in total. The summed E-state index contributed by atoms with van der Waals surface area (Å²) < 4.78 is 5.31. The van der Waals surface area contributed by atoms with Gasteiger partial charge in [-0.2, -0.15) is 5.10 Å². The van der Waals surface area contributed by atoms with Gasteiger partial charge in [-0.05, 0) is 37.9 Å². The lowest BCUT2D eigenvalue weighted by atomic mass is 9.99. The Labute approximate surface area is 128 Å². The fourth-order valence-electron chi connectivity index (χ4n) is 3.65. The maximum atomic E-state index is 12.4. The highest BCUT2D eigenvalue weighted by atomic mass is 16.3. The fourth-order valence-corrected chi connectivity index (χ4v) is 3.65. The summed E-state index contributed by atoms with van der Waals surface area (Å²) in [4.78, 5) is 14.9. The second-order valence-electron chi connectivity index (χ2n) is 6.11. The first kappa shape index (κ1) is 13.6. The molecule has 4 heterocycles. The van der Waals surface area contributed by atoms with Gasteiger partial charge >= 0.3 is 0 Å². The Morgan fingerprint density at radius 2 is 2.32 bits per heavy atom. The van der Waals surface area contributed by atoms with Crippen LogP contribution in [0.15, 0.2) is 28.9 Å². The van der Waals surface area contributed by atoms with Crippen LogP contribution in [-0.2, 0) is 0 Å². The minimum atomic E-state index is -0.105. The van der Waals surface area contributed by atoms with E-state index in [2.05, 4.69) is 20.4 Å². The van der Waals surface area contributed by atoms with E-state index in [4.69, 9.17) is 4.42 Å². The molecule has 2 fully saturated rings. The molecule has 116 valence electrons. The number of hydrogen-bond acceptors (Lipinski definition) is 4. The van der Waals surface area contributed by atoms with Gasteiger partial charge in [-0.15, -0.1) is 0 Å². The Hall–Kier alpha value is -2.08. The maximum absolute atomic E-state index is 12.4. The molecule has 6 nitrogen and oxygen atoms in total. The summed E-state index contributed by atoms with van der Waals surface area (Å²) in [6.07, 6.45) is 6.36. The van der Waals surface area contributed by atoms with Crippen molar-refractivity contribution in [1.29, 1.82) is 0 Å². The van der Waals surface area contributed by atoms with Crippen molar-refractivity contribution >= 4 is 5.91 Å². The van der Waals surface area contributed by atoms with Crippen molar-refractivity contribution in [2.45, 2.75) is 37.8 Å². The van der Waals surface area contributed by atoms with Crippen LogP contribution in [0.5, 0.6) is 0 Å². The van der Waals surface area contributed by atoms with Gasteiger partial charge in [0.2, 0.25) is 0 Å². The smallest absolute Gasteiger partial charge is 0.272 e. The van der Waals surface area contributed by atoms with Crippen LogP contribution in [0.1, 0.15) is 36.2 Å². The third-order valence-electron chi connectivity index (χ3n) is 4.77. The molecule has 0 aliphatic carbocycles. The summed E-state index contributed by atoms with van der Waals surface area (Å²) in [5.41, 5.74) is 1.14. The number of piperidine rings is 1. The molecule has 2 aromatic rings. The molecule has 2 aliphatic rings. The Morgan fingerprint density at radius 1 is 1.36 bits per heavy atom. The van der Waals surface area contributed by atoms with Crippen LogP contribution in [-0.4, -0.2) is 46.2 Å². The van der Waals surface area contributed by atoms with Crippen molar-refractivity contribution < 1.29 is 9.21 Å². The van der Waals surface area contributed by atoms with Gasteiger partial charge in [0.15, 0.2) is 11.5 Å². The van der Waals surface area contributed by atoms with E-state index in [9.17, 15) is 4.79 Å². The predicted octanol–water partition coefficient (Wildman–Crippen LogP) is 2.03. The van der Waals surface area contributed by atoms with Crippen LogP contribution in [0.4, 0.5) is 0 Å². The summed E-state index contributed by atoms with van der Waals surface area (Å²) in [5, 5.41) is 10.1. The van der Waals surface area contributed by atoms with Crippen molar-refractivity contribution in [3.05, 3.63) is 30.2 Å². The van der Waals surface area contributed by atoms with Crippen molar-refractivity contribution in [2.24, 2.45) is 0 Å². The number of furan rings is 1. The monoisotopic (exact) mass is 300 g/mol. The molecule has 1 amide bonds. The molecule has 0 saturated carbocycles. The Morgan fingerprint density at radius 3 is 3.18 bits per heavy atom. The van der Waals surface area contributed by atoms with Gasteiger partial charge in [-0.25, -0.2) is 0 Å². The van der Waals surface area contributed by atoms with E-state index in [-0.39, 0.29) is 11.9 Å². The highest BCUT2D eigenvalue weighted by Gasteiger charge is 2.36. The maximum Gasteiger partial charge on any atom is 0.272 e. The summed E-state index contributed by atoms with van der Waals surface area (Å²) in [7, 11) is 0. The molecule has 22 heavy (non-hydrogen) atoms. The van der Waals surface area contributed by atoms with Gasteiger partial charge in [0.1, 0.15) is 5.69 Å². The lowest BCUT2D eigenvalue weighted by Crippen LogP contribution is -2.46. The van der Waals surface area contributed by atoms with Crippen LogP contribution in [0, 0.1) is 0 Å². The first-order valence-corrected chi connectivity index (χ1v) is 7.95. The zero-order valence-electron chi connectivity index (χ0n) is 12.4. The van der Waals surface area contributed by atoms with Crippen molar-refractivity contribution in [1.82, 2.24) is 20.4 Å². The number of rotatable bonds is 3. The standard InChI is InChI=1S/C16H20N4O2/c21-16(13-10-12(18-19-13)15-5-3-9-22-15)17-11-6-8-20-7-2-1-4-14(11)20/h3,5,9-11,14H,1-2,4,6-8H2,(H,17,21)(H,18,19)/t11-,14+/m0/s1. The van der Waals surface area contributed by atoms with Crippen molar-refractivity contribution in [3.63, 3.8) is 0 Å². The van der Waals surface area contributed by atoms with Gasteiger partial charge in [-0.1, -0.05) is 6.42 Å². The molecule has 2 atom stereocenters. The van der Waals surface area contributed by atoms with Crippen LogP contribution in [0.25, 0.3) is 11.5 Å². The number of amides is 1. The zero-order chi connectivity index (χ0) is 14.9. The van der Waals surface area contributed by atoms with Gasteiger partial charge < -0.3 is 9.73 Å². The van der Waals surface area contributed by atoms with E-state index >= 15 is 0 Å². The van der Waals surface area contributed by atoms with Crippen LogP contribution < -0.4 is 5.32 Å². The number of carbonyl (C=O) groups excluding carboxylic acids is 1. The Bertz CT molecular complexity index is 649.